The predicted molar refractivity (Wildman–Crippen MR) is 40.6 cm³/mol. The van der Waals surface area contributed by atoms with Gasteiger partial charge in [-0.2, -0.15) is 0 Å². The number of esters is 1. The second-order valence-corrected chi connectivity index (χ2v) is 2.64. The van der Waals surface area contributed by atoms with Gasteiger partial charge in [-0.1, -0.05) is 10.8 Å². The second kappa shape index (κ2) is 5.84. The van der Waals surface area contributed by atoms with Gasteiger partial charge in [0.25, 0.3) is 0 Å². The molecule has 0 aliphatic heterocycles. The zero-order valence-corrected chi connectivity index (χ0v) is 6.77. The Labute approximate surface area is 67.4 Å². The van der Waals surface area contributed by atoms with Crippen LogP contribution in [0.4, 0.5) is 0 Å². The van der Waals surface area contributed by atoms with E-state index < -0.39 is 11.4 Å². The summed E-state index contributed by atoms with van der Waals surface area (Å²) in [7, 11) is 0.677. The van der Waals surface area contributed by atoms with Crippen LogP contribution in [0.5, 0.6) is 0 Å². The lowest BCUT2D eigenvalue weighted by Gasteiger charge is -2.04. The fraction of sp³-hybridized carbons (Fsp3) is 0.750. The van der Waals surface area contributed by atoms with Gasteiger partial charge in [-0.05, 0) is 0 Å². The average Bonchev–Trinajstić information content (AvgIpc) is 1.98. The van der Waals surface area contributed by atoms with E-state index in [0.29, 0.717) is 10.8 Å². The topological polar surface area (TPSA) is 66.8 Å². The Balaban J connectivity index is 3.42. The number of aliphatic hydroxyl groups is 2. The van der Waals surface area contributed by atoms with E-state index in [1.54, 1.807) is 0 Å². The molecule has 0 rings (SSSR count). The van der Waals surface area contributed by atoms with Gasteiger partial charge in [-0.25, -0.2) is 4.79 Å². The normalized spacial score (nSPS) is 12.7. The third kappa shape index (κ3) is 3.99. The Morgan fingerprint density at radius 2 is 2.40 bits per heavy atom. The number of carbonyl (C=O) groups is 1. The van der Waals surface area contributed by atoms with Gasteiger partial charge in [0.1, 0.15) is 6.61 Å². The monoisotopic (exact) mass is 184 g/mol. The van der Waals surface area contributed by atoms with Crippen LogP contribution in [0, 0.1) is 0 Å². The molecule has 0 heterocycles. The molecule has 0 saturated carbocycles. The largest absolute Gasteiger partial charge is 0.461 e. The van der Waals surface area contributed by atoms with Crippen LogP contribution in [-0.4, -0.2) is 34.8 Å². The van der Waals surface area contributed by atoms with Crippen LogP contribution in [-0.2, 0) is 9.53 Å². The maximum atomic E-state index is 10.5. The Morgan fingerprint density at radius 1 is 1.80 bits per heavy atom. The van der Waals surface area contributed by atoms with Crippen molar-refractivity contribution in [2.24, 2.45) is 0 Å². The van der Waals surface area contributed by atoms with E-state index in [9.17, 15) is 4.79 Å². The highest BCUT2D eigenvalue weighted by Gasteiger charge is 2.14. The maximum absolute atomic E-state index is 10.5. The molecule has 4 nitrogen and oxygen atoms in total. The summed E-state index contributed by atoms with van der Waals surface area (Å²) in [5, 5.41) is 16.9. The van der Waals surface area contributed by atoms with Crippen molar-refractivity contribution in [2.75, 3.05) is 13.2 Å². The van der Waals surface area contributed by atoms with Gasteiger partial charge in [0.15, 0.2) is 0 Å². The van der Waals surface area contributed by atoms with E-state index in [-0.39, 0.29) is 13.2 Å². The van der Waals surface area contributed by atoms with Crippen molar-refractivity contribution < 1.29 is 19.7 Å². The number of aliphatic hydroxyl groups excluding tert-OH is 2. The third-order valence-electron chi connectivity index (χ3n) is 0.637. The molecule has 0 amide bonds. The van der Waals surface area contributed by atoms with Gasteiger partial charge in [0.05, 0.1) is 6.61 Å². The lowest BCUT2D eigenvalue weighted by atomic mass is 10.7. The molecule has 6 heteroatoms. The fourth-order valence-corrected chi connectivity index (χ4v) is 0.673. The number of carbonyl (C=O) groups excluding carboxylic acids is 1. The van der Waals surface area contributed by atoms with Crippen molar-refractivity contribution in [3.05, 3.63) is 0 Å². The number of ether oxygens (including phenoxy) is 1. The van der Waals surface area contributed by atoms with Crippen LogP contribution >= 0.6 is 22.5 Å². The molecule has 0 spiro atoms. The molecule has 0 bridgehead atoms. The molecular weight excluding hydrogens is 176 g/mol. The molecule has 0 saturated heterocycles. The van der Waals surface area contributed by atoms with E-state index in [4.69, 9.17) is 10.2 Å². The molecule has 0 aliphatic rings. The number of rotatable bonds is 4. The highest BCUT2D eigenvalue weighted by Crippen LogP contribution is 2.12. The summed E-state index contributed by atoms with van der Waals surface area (Å²) in [6.45, 7) is -0.333. The van der Waals surface area contributed by atoms with E-state index in [0.717, 1.165) is 0 Å². The summed E-state index contributed by atoms with van der Waals surface area (Å²) in [4.78, 5) is 10.5. The van der Waals surface area contributed by atoms with Gasteiger partial charge < -0.3 is 14.9 Å². The summed E-state index contributed by atoms with van der Waals surface area (Å²) in [6.07, 6.45) is 0. The van der Waals surface area contributed by atoms with Crippen LogP contribution in [0.15, 0.2) is 0 Å². The van der Waals surface area contributed by atoms with E-state index in [1.807, 2.05) is 0 Å². The molecule has 0 aromatic carbocycles. The summed E-state index contributed by atoms with van der Waals surface area (Å²) in [5.41, 5.74) is -1.27. The number of hydrogen-bond acceptors (Lipinski definition) is 6. The van der Waals surface area contributed by atoms with Crippen molar-refractivity contribution in [1.29, 1.82) is 0 Å². The van der Waals surface area contributed by atoms with Crippen LogP contribution in [0.3, 0.4) is 0 Å². The first kappa shape index (κ1) is 10.1. The molecule has 0 aromatic heterocycles. The Morgan fingerprint density at radius 3 is 2.80 bits per heavy atom. The minimum atomic E-state index is -1.27. The second-order valence-electron chi connectivity index (χ2n) is 1.35. The maximum Gasteiger partial charge on any atom is 0.346 e. The minimum Gasteiger partial charge on any atom is -0.461 e. The molecular formula is C4H8O4S2. The Kier molecular flexibility index (Phi) is 5.90. The fourth-order valence-electron chi connectivity index (χ4n) is 0.261. The standard InChI is InChI=1S/C4H8O4S2/c5-1-2-8-3(6)4(7)10-9/h4-5,7,9H,1-2H2. The van der Waals surface area contributed by atoms with Crippen molar-refractivity contribution in [3.8, 4) is 0 Å². The molecule has 60 valence electrons. The summed E-state index contributed by atoms with van der Waals surface area (Å²) >= 11 is 3.58. The van der Waals surface area contributed by atoms with Crippen LogP contribution in [0.25, 0.3) is 0 Å². The summed E-state index contributed by atoms with van der Waals surface area (Å²) in [6, 6.07) is 0. The van der Waals surface area contributed by atoms with Crippen molar-refractivity contribution in [2.45, 2.75) is 5.44 Å². The van der Waals surface area contributed by atoms with E-state index in [1.165, 1.54) is 0 Å². The van der Waals surface area contributed by atoms with Crippen molar-refractivity contribution in [1.82, 2.24) is 0 Å². The first-order valence-electron chi connectivity index (χ1n) is 2.48. The van der Waals surface area contributed by atoms with Gasteiger partial charge in [-0.3, -0.25) is 0 Å². The lowest BCUT2D eigenvalue weighted by Crippen LogP contribution is -2.19. The lowest BCUT2D eigenvalue weighted by molar-refractivity contribution is -0.149. The van der Waals surface area contributed by atoms with Crippen LogP contribution in [0.2, 0.25) is 0 Å². The highest BCUT2D eigenvalue weighted by atomic mass is 33.1. The quantitative estimate of drug-likeness (QED) is 0.236. The molecule has 2 N–H and O–H groups in total. The van der Waals surface area contributed by atoms with Gasteiger partial charge in [-0.15, -0.1) is 11.7 Å². The predicted octanol–water partition coefficient (Wildman–Crippen LogP) is -0.582. The molecule has 0 fully saturated rings. The first-order valence-corrected chi connectivity index (χ1v) is 4.41. The first-order chi connectivity index (χ1) is 4.72. The summed E-state index contributed by atoms with van der Waals surface area (Å²) < 4.78 is 4.34. The van der Waals surface area contributed by atoms with E-state index >= 15 is 0 Å². The molecule has 1 atom stereocenters. The van der Waals surface area contributed by atoms with Crippen molar-refractivity contribution >= 4 is 28.4 Å². The van der Waals surface area contributed by atoms with Crippen molar-refractivity contribution in [3.63, 3.8) is 0 Å². The molecule has 1 unspecified atom stereocenters. The third-order valence-corrected chi connectivity index (χ3v) is 1.63. The summed E-state index contributed by atoms with van der Waals surface area (Å²) in [5.74, 6) is -0.783. The van der Waals surface area contributed by atoms with E-state index in [2.05, 4.69) is 16.4 Å². The zero-order chi connectivity index (χ0) is 7.98. The molecule has 0 radical (unpaired) electrons. The Hall–Kier alpha value is 0.0900. The highest BCUT2D eigenvalue weighted by molar-refractivity contribution is 8.69. The SMILES string of the molecule is O=C(OCCO)C(O)SS. The molecule has 0 aliphatic carbocycles. The van der Waals surface area contributed by atoms with Gasteiger partial charge in [0.2, 0.25) is 5.44 Å². The smallest absolute Gasteiger partial charge is 0.346 e. The molecule has 10 heavy (non-hydrogen) atoms. The van der Waals surface area contributed by atoms with Gasteiger partial charge in [0, 0.05) is 0 Å². The number of hydrogen-bond donors (Lipinski definition) is 3. The zero-order valence-electron chi connectivity index (χ0n) is 5.06. The average molecular weight is 184 g/mol. The minimum absolute atomic E-state index is 0.0930. The van der Waals surface area contributed by atoms with Crippen LogP contribution in [0.1, 0.15) is 0 Å². The number of thiol groups is 1. The van der Waals surface area contributed by atoms with Gasteiger partial charge >= 0.3 is 5.97 Å². The van der Waals surface area contributed by atoms with Crippen LogP contribution < -0.4 is 0 Å². The Bertz CT molecular complexity index is 107. The molecule has 0 aromatic rings.